The summed E-state index contributed by atoms with van der Waals surface area (Å²) in [5, 5.41) is 6.62. The maximum absolute atomic E-state index is 12.5. The molecule has 0 bridgehead atoms. The van der Waals surface area contributed by atoms with Crippen molar-refractivity contribution in [1.29, 1.82) is 0 Å². The number of likely N-dealkylation sites (tertiary alicyclic amines) is 1. The minimum Gasteiger partial charge on any atom is -0.379 e. The van der Waals surface area contributed by atoms with Gasteiger partial charge < -0.3 is 15.4 Å². The van der Waals surface area contributed by atoms with Gasteiger partial charge >= 0.3 is 6.18 Å². The number of hydrogen-bond acceptors (Lipinski definition) is 4. The van der Waals surface area contributed by atoms with E-state index in [-0.39, 0.29) is 6.04 Å². The molecule has 2 rings (SSSR count). The van der Waals surface area contributed by atoms with Crippen molar-refractivity contribution in [2.24, 2.45) is 10.9 Å². The van der Waals surface area contributed by atoms with Crippen LogP contribution in [0.5, 0.6) is 0 Å². The van der Waals surface area contributed by atoms with Crippen LogP contribution in [0.1, 0.15) is 20.3 Å². The van der Waals surface area contributed by atoms with Crippen molar-refractivity contribution in [3.8, 4) is 0 Å². The second-order valence-corrected chi connectivity index (χ2v) is 7.39. The third kappa shape index (κ3) is 6.92. The largest absolute Gasteiger partial charge is 0.401 e. The highest BCUT2D eigenvalue weighted by atomic mass is 19.4. The first kappa shape index (κ1) is 21.2. The van der Waals surface area contributed by atoms with E-state index in [2.05, 4.69) is 34.4 Å². The van der Waals surface area contributed by atoms with Gasteiger partial charge in [0.15, 0.2) is 5.96 Å². The fraction of sp³-hybridized carbons (Fsp3) is 0.941. The van der Waals surface area contributed by atoms with Crippen LogP contribution < -0.4 is 10.6 Å². The lowest BCUT2D eigenvalue weighted by Crippen LogP contribution is -2.53. The van der Waals surface area contributed by atoms with Gasteiger partial charge in [-0.3, -0.25) is 14.8 Å². The lowest BCUT2D eigenvalue weighted by molar-refractivity contribution is -0.143. The summed E-state index contributed by atoms with van der Waals surface area (Å²) in [5.74, 6) is 1.13. The first-order valence-corrected chi connectivity index (χ1v) is 9.36. The fourth-order valence-electron chi connectivity index (χ4n) is 3.63. The summed E-state index contributed by atoms with van der Waals surface area (Å²) in [6.45, 7) is 8.50. The van der Waals surface area contributed by atoms with Crippen LogP contribution in [0.15, 0.2) is 4.99 Å². The molecular weight excluding hydrogens is 347 g/mol. The molecule has 152 valence electrons. The predicted molar refractivity (Wildman–Crippen MR) is 96.4 cm³/mol. The quantitative estimate of drug-likeness (QED) is 0.536. The van der Waals surface area contributed by atoms with Crippen LogP contribution in [-0.2, 0) is 4.74 Å². The number of ether oxygens (including phenoxy) is 1. The van der Waals surface area contributed by atoms with Crippen molar-refractivity contribution >= 4 is 5.96 Å². The Morgan fingerprint density at radius 1 is 1.23 bits per heavy atom. The molecule has 2 unspecified atom stereocenters. The molecule has 0 aromatic heterocycles. The third-order valence-electron chi connectivity index (χ3n) is 5.00. The number of alkyl halides is 3. The Bertz CT molecular complexity index is 452. The minimum absolute atomic E-state index is 0.00978. The van der Waals surface area contributed by atoms with Gasteiger partial charge in [0.05, 0.1) is 19.8 Å². The smallest absolute Gasteiger partial charge is 0.379 e. The SMILES string of the molecule is CN=C(NCC(C(C)C)N1CCOCC1)NC1CCN(CC(F)(F)F)C1. The number of nitrogens with one attached hydrogen (secondary N) is 2. The molecule has 0 spiro atoms. The van der Waals surface area contributed by atoms with Gasteiger partial charge in [-0.15, -0.1) is 0 Å². The number of nitrogens with zero attached hydrogens (tertiary/aromatic N) is 3. The predicted octanol–water partition coefficient (Wildman–Crippen LogP) is 1.14. The molecule has 2 heterocycles. The first-order valence-electron chi connectivity index (χ1n) is 9.36. The van der Waals surface area contributed by atoms with Crippen LogP contribution in [0, 0.1) is 5.92 Å². The molecule has 2 saturated heterocycles. The summed E-state index contributed by atoms with van der Waals surface area (Å²) < 4.78 is 43.0. The Labute approximate surface area is 154 Å². The maximum Gasteiger partial charge on any atom is 0.401 e. The lowest BCUT2D eigenvalue weighted by Gasteiger charge is -2.37. The zero-order valence-corrected chi connectivity index (χ0v) is 16.0. The summed E-state index contributed by atoms with van der Waals surface area (Å²) in [6, 6.07) is 0.354. The van der Waals surface area contributed by atoms with E-state index in [0.29, 0.717) is 37.4 Å². The molecule has 0 aliphatic carbocycles. The van der Waals surface area contributed by atoms with Crippen LogP contribution >= 0.6 is 0 Å². The zero-order chi connectivity index (χ0) is 19.2. The van der Waals surface area contributed by atoms with Crippen LogP contribution in [0.4, 0.5) is 13.2 Å². The van der Waals surface area contributed by atoms with E-state index in [4.69, 9.17) is 4.74 Å². The van der Waals surface area contributed by atoms with Crippen molar-refractivity contribution in [2.75, 3.05) is 59.5 Å². The molecule has 9 heteroatoms. The van der Waals surface area contributed by atoms with Gasteiger partial charge in [-0.25, -0.2) is 0 Å². The number of guanidine groups is 1. The number of morpholine rings is 1. The second kappa shape index (κ2) is 9.75. The summed E-state index contributed by atoms with van der Waals surface area (Å²) in [6.07, 6.45) is -3.45. The molecule has 2 fully saturated rings. The van der Waals surface area contributed by atoms with Gasteiger partial charge in [0.25, 0.3) is 0 Å². The summed E-state index contributed by atoms with van der Waals surface area (Å²) >= 11 is 0. The van der Waals surface area contributed by atoms with Crippen molar-refractivity contribution in [1.82, 2.24) is 20.4 Å². The van der Waals surface area contributed by atoms with E-state index in [1.807, 2.05) is 0 Å². The van der Waals surface area contributed by atoms with E-state index in [1.54, 1.807) is 7.05 Å². The highest BCUT2D eigenvalue weighted by Crippen LogP contribution is 2.20. The van der Waals surface area contributed by atoms with E-state index in [1.165, 1.54) is 4.90 Å². The average molecular weight is 379 g/mol. The summed E-state index contributed by atoms with van der Waals surface area (Å²) in [7, 11) is 1.69. The maximum atomic E-state index is 12.5. The molecule has 0 saturated carbocycles. The normalized spacial score (nSPS) is 24.9. The van der Waals surface area contributed by atoms with E-state index in [9.17, 15) is 13.2 Å². The second-order valence-electron chi connectivity index (χ2n) is 7.39. The third-order valence-corrected chi connectivity index (χ3v) is 5.00. The van der Waals surface area contributed by atoms with Crippen LogP contribution in [0.25, 0.3) is 0 Å². The number of rotatable bonds is 6. The number of halogens is 3. The fourth-order valence-corrected chi connectivity index (χ4v) is 3.63. The highest BCUT2D eigenvalue weighted by molar-refractivity contribution is 5.80. The Hall–Kier alpha value is -1.06. The van der Waals surface area contributed by atoms with Crippen LogP contribution in [0.3, 0.4) is 0 Å². The Balaban J connectivity index is 1.79. The van der Waals surface area contributed by atoms with Gasteiger partial charge in [-0.2, -0.15) is 13.2 Å². The van der Waals surface area contributed by atoms with E-state index >= 15 is 0 Å². The van der Waals surface area contributed by atoms with Gasteiger partial charge in [0.1, 0.15) is 0 Å². The number of hydrogen-bond donors (Lipinski definition) is 2. The van der Waals surface area contributed by atoms with Crippen molar-refractivity contribution in [3.05, 3.63) is 0 Å². The van der Waals surface area contributed by atoms with Crippen LogP contribution in [0.2, 0.25) is 0 Å². The summed E-state index contributed by atoms with van der Waals surface area (Å²) in [5.41, 5.74) is 0. The molecule has 2 aliphatic rings. The van der Waals surface area contributed by atoms with Crippen molar-refractivity contribution in [2.45, 2.75) is 38.5 Å². The van der Waals surface area contributed by atoms with Gasteiger partial charge in [0, 0.05) is 51.9 Å². The van der Waals surface area contributed by atoms with Crippen molar-refractivity contribution < 1.29 is 17.9 Å². The first-order chi connectivity index (χ1) is 12.3. The topological polar surface area (TPSA) is 52.1 Å². The summed E-state index contributed by atoms with van der Waals surface area (Å²) in [4.78, 5) is 8.10. The standard InChI is InChI=1S/C17H32F3N5O/c1-13(2)15(25-6-8-26-9-7-25)10-22-16(21-3)23-14-4-5-24(11-14)12-17(18,19)20/h13-15H,4-12H2,1-3H3,(H2,21,22,23). The Morgan fingerprint density at radius 2 is 1.92 bits per heavy atom. The van der Waals surface area contributed by atoms with Crippen molar-refractivity contribution in [3.63, 3.8) is 0 Å². The molecule has 2 N–H and O–H groups in total. The molecule has 2 aliphatic heterocycles. The Kier molecular flexibility index (Phi) is 7.97. The zero-order valence-electron chi connectivity index (χ0n) is 16.0. The lowest BCUT2D eigenvalue weighted by atomic mass is 10.0. The van der Waals surface area contributed by atoms with Crippen LogP contribution in [-0.4, -0.2) is 93.5 Å². The molecule has 0 amide bonds. The molecule has 26 heavy (non-hydrogen) atoms. The average Bonchev–Trinajstić information content (AvgIpc) is 2.99. The number of aliphatic imine (C=N–C) groups is 1. The van der Waals surface area contributed by atoms with E-state index < -0.39 is 12.7 Å². The van der Waals surface area contributed by atoms with Gasteiger partial charge in [0.2, 0.25) is 0 Å². The molecule has 0 aromatic carbocycles. The molecule has 0 aromatic rings. The molecule has 6 nitrogen and oxygen atoms in total. The minimum atomic E-state index is -4.14. The Morgan fingerprint density at radius 3 is 2.50 bits per heavy atom. The van der Waals surface area contributed by atoms with Gasteiger partial charge in [-0.05, 0) is 12.3 Å². The highest BCUT2D eigenvalue weighted by Gasteiger charge is 2.34. The van der Waals surface area contributed by atoms with Gasteiger partial charge in [-0.1, -0.05) is 13.8 Å². The molecular formula is C17H32F3N5O. The van der Waals surface area contributed by atoms with E-state index in [0.717, 1.165) is 32.8 Å². The molecule has 0 radical (unpaired) electrons. The molecule has 2 atom stereocenters. The monoisotopic (exact) mass is 379 g/mol.